The molecule has 0 aliphatic heterocycles. The molecule has 3 nitrogen and oxygen atoms in total. The lowest BCUT2D eigenvalue weighted by atomic mass is 10.2. The van der Waals surface area contributed by atoms with Crippen molar-refractivity contribution in [3.63, 3.8) is 0 Å². The van der Waals surface area contributed by atoms with E-state index in [1.807, 2.05) is 12.1 Å². The minimum absolute atomic E-state index is 0.116. The SMILES string of the molecule is CCOc1cc(Oc2ccc(Br)cc2Br)c(N)cc1F. The minimum Gasteiger partial charge on any atom is -0.491 e. The smallest absolute Gasteiger partial charge is 0.167 e. The molecule has 2 aromatic carbocycles. The molecule has 2 rings (SSSR count). The Morgan fingerprint density at radius 3 is 2.50 bits per heavy atom. The lowest BCUT2D eigenvalue weighted by Crippen LogP contribution is -1.99. The topological polar surface area (TPSA) is 44.5 Å². The highest BCUT2D eigenvalue weighted by Gasteiger charge is 2.12. The first-order chi connectivity index (χ1) is 9.51. The van der Waals surface area contributed by atoms with Gasteiger partial charge >= 0.3 is 0 Å². The Bertz CT molecular complexity index is 635. The van der Waals surface area contributed by atoms with E-state index in [1.54, 1.807) is 13.0 Å². The van der Waals surface area contributed by atoms with Crippen molar-refractivity contribution in [2.75, 3.05) is 12.3 Å². The van der Waals surface area contributed by atoms with Gasteiger partial charge < -0.3 is 15.2 Å². The summed E-state index contributed by atoms with van der Waals surface area (Å²) in [5.41, 5.74) is 5.98. The zero-order chi connectivity index (χ0) is 14.7. The molecule has 6 heteroatoms. The maximum Gasteiger partial charge on any atom is 0.167 e. The molecule has 2 aromatic rings. The van der Waals surface area contributed by atoms with Gasteiger partial charge in [-0.3, -0.25) is 0 Å². The molecule has 0 aliphatic carbocycles. The van der Waals surface area contributed by atoms with Crippen LogP contribution in [0.1, 0.15) is 6.92 Å². The molecule has 0 spiro atoms. The average Bonchev–Trinajstić information content (AvgIpc) is 2.38. The number of halogens is 3. The van der Waals surface area contributed by atoms with Gasteiger partial charge in [0.05, 0.1) is 16.8 Å². The maximum atomic E-state index is 13.6. The summed E-state index contributed by atoms with van der Waals surface area (Å²) >= 11 is 6.75. The molecule has 106 valence electrons. The Kier molecular flexibility index (Phi) is 4.88. The summed E-state index contributed by atoms with van der Waals surface area (Å²) < 4.78 is 26.2. The lowest BCUT2D eigenvalue weighted by Gasteiger charge is -2.13. The second kappa shape index (κ2) is 6.45. The summed E-state index contributed by atoms with van der Waals surface area (Å²) in [7, 11) is 0. The summed E-state index contributed by atoms with van der Waals surface area (Å²) in [5.74, 6) is 0.531. The first kappa shape index (κ1) is 15.1. The Morgan fingerprint density at radius 1 is 1.10 bits per heavy atom. The maximum absolute atomic E-state index is 13.6. The van der Waals surface area contributed by atoms with Crippen LogP contribution in [-0.2, 0) is 0 Å². The summed E-state index contributed by atoms with van der Waals surface area (Å²) in [6.07, 6.45) is 0. The van der Waals surface area contributed by atoms with Gasteiger partial charge in [-0.15, -0.1) is 0 Å². The van der Waals surface area contributed by atoms with E-state index >= 15 is 0 Å². The third-order valence-electron chi connectivity index (χ3n) is 2.48. The third kappa shape index (κ3) is 3.43. The van der Waals surface area contributed by atoms with Gasteiger partial charge in [-0.05, 0) is 41.1 Å². The van der Waals surface area contributed by atoms with Crippen LogP contribution in [0.2, 0.25) is 0 Å². The van der Waals surface area contributed by atoms with E-state index in [4.69, 9.17) is 15.2 Å². The van der Waals surface area contributed by atoms with Gasteiger partial charge in [-0.25, -0.2) is 4.39 Å². The predicted molar refractivity (Wildman–Crippen MR) is 83.9 cm³/mol. The summed E-state index contributed by atoms with van der Waals surface area (Å²) in [6, 6.07) is 8.09. The van der Waals surface area contributed by atoms with E-state index in [0.29, 0.717) is 18.1 Å². The molecule has 20 heavy (non-hydrogen) atoms. The van der Waals surface area contributed by atoms with Crippen LogP contribution in [0.15, 0.2) is 39.3 Å². The van der Waals surface area contributed by atoms with Crippen LogP contribution in [0.5, 0.6) is 17.2 Å². The van der Waals surface area contributed by atoms with Crippen LogP contribution in [0.4, 0.5) is 10.1 Å². The highest BCUT2D eigenvalue weighted by atomic mass is 79.9. The fourth-order valence-electron chi connectivity index (χ4n) is 1.58. The molecule has 0 saturated heterocycles. The van der Waals surface area contributed by atoms with E-state index < -0.39 is 5.82 Å². The van der Waals surface area contributed by atoms with Gasteiger partial charge in [-0.2, -0.15) is 0 Å². The third-order valence-corrected chi connectivity index (χ3v) is 3.59. The molecule has 0 aliphatic rings. The molecule has 0 saturated carbocycles. The highest BCUT2D eigenvalue weighted by Crippen LogP contribution is 2.37. The fourth-order valence-corrected chi connectivity index (χ4v) is 2.71. The van der Waals surface area contributed by atoms with Gasteiger partial charge in [0.15, 0.2) is 17.3 Å². The molecule has 2 N–H and O–H groups in total. The molecule has 0 heterocycles. The number of rotatable bonds is 4. The molecule has 0 amide bonds. The summed E-state index contributed by atoms with van der Waals surface area (Å²) in [5, 5.41) is 0. The van der Waals surface area contributed by atoms with Crippen molar-refractivity contribution in [1.29, 1.82) is 0 Å². The van der Waals surface area contributed by atoms with Gasteiger partial charge in [-0.1, -0.05) is 15.9 Å². The normalized spacial score (nSPS) is 10.4. The van der Waals surface area contributed by atoms with Gasteiger partial charge in [0, 0.05) is 16.6 Å². The number of hydrogen-bond acceptors (Lipinski definition) is 3. The Hall–Kier alpha value is -1.27. The van der Waals surface area contributed by atoms with Gasteiger partial charge in [0.1, 0.15) is 5.75 Å². The largest absolute Gasteiger partial charge is 0.491 e. The van der Waals surface area contributed by atoms with Crippen molar-refractivity contribution >= 4 is 37.5 Å². The van der Waals surface area contributed by atoms with Gasteiger partial charge in [0.25, 0.3) is 0 Å². The van der Waals surface area contributed by atoms with E-state index in [0.717, 1.165) is 8.95 Å². The monoisotopic (exact) mass is 403 g/mol. The van der Waals surface area contributed by atoms with E-state index in [1.165, 1.54) is 12.1 Å². The van der Waals surface area contributed by atoms with Crippen molar-refractivity contribution in [3.8, 4) is 17.2 Å². The van der Waals surface area contributed by atoms with Gasteiger partial charge in [0.2, 0.25) is 0 Å². The number of hydrogen-bond donors (Lipinski definition) is 1. The van der Waals surface area contributed by atoms with Crippen LogP contribution in [-0.4, -0.2) is 6.61 Å². The molecular weight excluding hydrogens is 393 g/mol. The van der Waals surface area contributed by atoms with E-state index in [9.17, 15) is 4.39 Å². The predicted octanol–water partition coefficient (Wildman–Crippen LogP) is 5.12. The quantitative estimate of drug-likeness (QED) is 0.719. The van der Waals surface area contributed by atoms with Crippen molar-refractivity contribution in [2.45, 2.75) is 6.92 Å². The van der Waals surface area contributed by atoms with Crippen molar-refractivity contribution in [1.82, 2.24) is 0 Å². The van der Waals surface area contributed by atoms with Crippen LogP contribution in [0.3, 0.4) is 0 Å². The number of ether oxygens (including phenoxy) is 2. The molecule has 0 radical (unpaired) electrons. The molecule has 0 unspecified atom stereocenters. The Labute approximate surface area is 133 Å². The molecule has 0 atom stereocenters. The van der Waals surface area contributed by atoms with E-state index in [-0.39, 0.29) is 11.4 Å². The Morgan fingerprint density at radius 2 is 1.85 bits per heavy atom. The van der Waals surface area contributed by atoms with Crippen LogP contribution in [0, 0.1) is 5.82 Å². The zero-order valence-corrected chi connectivity index (χ0v) is 13.8. The molecule has 0 bridgehead atoms. The number of anilines is 1. The summed E-state index contributed by atoms with van der Waals surface area (Å²) in [4.78, 5) is 0. The fraction of sp³-hybridized carbons (Fsp3) is 0.143. The lowest BCUT2D eigenvalue weighted by molar-refractivity contribution is 0.319. The minimum atomic E-state index is -0.508. The molecular formula is C14H12Br2FNO2. The van der Waals surface area contributed by atoms with E-state index in [2.05, 4.69) is 31.9 Å². The summed E-state index contributed by atoms with van der Waals surface area (Å²) in [6.45, 7) is 2.14. The number of benzene rings is 2. The standard InChI is InChI=1S/C14H12Br2FNO2/c1-2-19-13-7-14(11(18)6-10(13)17)20-12-4-3-8(15)5-9(12)16/h3-7H,2,18H2,1H3. The average molecular weight is 405 g/mol. The highest BCUT2D eigenvalue weighted by molar-refractivity contribution is 9.11. The van der Waals surface area contributed by atoms with Crippen molar-refractivity contribution in [2.24, 2.45) is 0 Å². The number of nitrogen functional groups attached to an aromatic ring is 1. The second-order valence-electron chi connectivity index (χ2n) is 3.93. The first-order valence-electron chi connectivity index (χ1n) is 5.86. The van der Waals surface area contributed by atoms with Crippen molar-refractivity contribution in [3.05, 3.63) is 45.1 Å². The van der Waals surface area contributed by atoms with Crippen LogP contribution >= 0.6 is 31.9 Å². The Balaban J connectivity index is 2.35. The number of nitrogens with two attached hydrogens (primary N) is 1. The second-order valence-corrected chi connectivity index (χ2v) is 5.70. The van der Waals surface area contributed by atoms with Crippen molar-refractivity contribution < 1.29 is 13.9 Å². The van der Waals surface area contributed by atoms with Crippen LogP contribution in [0.25, 0.3) is 0 Å². The zero-order valence-electron chi connectivity index (χ0n) is 10.6. The molecule has 0 aromatic heterocycles. The first-order valence-corrected chi connectivity index (χ1v) is 7.44. The van der Waals surface area contributed by atoms with Crippen LogP contribution < -0.4 is 15.2 Å². The molecule has 0 fully saturated rings.